The van der Waals surface area contributed by atoms with Gasteiger partial charge in [0.15, 0.2) is 0 Å². The number of hydrogen-bond acceptors (Lipinski definition) is 3. The molecule has 2 fully saturated rings. The Hall–Kier alpha value is -1.26. The highest BCUT2D eigenvalue weighted by atomic mass is 35.5. The number of fused-ring (bicyclic) bond motifs is 2. The molecule has 132 valence electrons. The molecule has 1 aromatic rings. The molecule has 0 aromatic heterocycles. The second kappa shape index (κ2) is 6.93. The van der Waals surface area contributed by atoms with Crippen LogP contribution in [0.3, 0.4) is 0 Å². The lowest BCUT2D eigenvalue weighted by Gasteiger charge is -2.39. The van der Waals surface area contributed by atoms with Gasteiger partial charge in [-0.25, -0.2) is 4.79 Å². The Morgan fingerprint density at radius 2 is 1.96 bits per heavy atom. The molecule has 1 amide bonds. The number of alkyl carbamates (subject to hydrolysis) is 1. The van der Waals surface area contributed by atoms with Gasteiger partial charge in [-0.1, -0.05) is 23.7 Å². The van der Waals surface area contributed by atoms with Crippen LogP contribution in [0, 0.1) is 0 Å². The summed E-state index contributed by atoms with van der Waals surface area (Å²) in [4.78, 5) is 14.6. The number of rotatable bonds is 3. The van der Waals surface area contributed by atoms with Crippen LogP contribution < -0.4 is 5.32 Å². The monoisotopic (exact) mass is 350 g/mol. The van der Waals surface area contributed by atoms with E-state index in [-0.39, 0.29) is 12.1 Å². The van der Waals surface area contributed by atoms with Crippen molar-refractivity contribution in [2.24, 2.45) is 0 Å². The SMILES string of the molecule is CC(C)(C)OC(=O)NC1CC2CCC(C1)N2Cc1cccc(Cl)c1. The van der Waals surface area contributed by atoms with Crippen LogP contribution in [-0.4, -0.2) is 34.7 Å². The van der Waals surface area contributed by atoms with Gasteiger partial charge in [0.05, 0.1) is 0 Å². The molecule has 0 saturated carbocycles. The summed E-state index contributed by atoms with van der Waals surface area (Å²) in [7, 11) is 0. The van der Waals surface area contributed by atoms with Gasteiger partial charge in [0.25, 0.3) is 0 Å². The number of nitrogens with zero attached hydrogens (tertiary/aromatic N) is 1. The molecule has 2 aliphatic rings. The average molecular weight is 351 g/mol. The minimum absolute atomic E-state index is 0.216. The topological polar surface area (TPSA) is 41.6 Å². The first-order chi connectivity index (χ1) is 11.3. The molecule has 2 saturated heterocycles. The smallest absolute Gasteiger partial charge is 0.407 e. The first kappa shape index (κ1) is 17.6. The Kier molecular flexibility index (Phi) is 5.07. The Balaban J connectivity index is 1.57. The van der Waals surface area contributed by atoms with Gasteiger partial charge in [-0.3, -0.25) is 4.90 Å². The van der Waals surface area contributed by atoms with E-state index in [1.807, 2.05) is 39.0 Å². The third-order valence-electron chi connectivity index (χ3n) is 4.86. The first-order valence-electron chi connectivity index (χ1n) is 8.80. The quantitative estimate of drug-likeness (QED) is 0.880. The molecule has 24 heavy (non-hydrogen) atoms. The number of hydrogen-bond donors (Lipinski definition) is 1. The molecule has 2 bridgehead atoms. The van der Waals surface area contributed by atoms with Crippen LogP contribution in [-0.2, 0) is 11.3 Å². The van der Waals surface area contributed by atoms with Crippen LogP contribution in [0.5, 0.6) is 0 Å². The standard InChI is InChI=1S/C19H27ClN2O2/c1-19(2,3)24-18(23)21-15-10-16-7-8-17(11-15)22(16)12-13-5-4-6-14(20)9-13/h4-6,9,15-17H,7-8,10-12H2,1-3H3,(H,21,23). The highest BCUT2D eigenvalue weighted by Crippen LogP contribution is 2.37. The number of piperidine rings is 1. The van der Waals surface area contributed by atoms with Crippen molar-refractivity contribution in [2.75, 3.05) is 0 Å². The van der Waals surface area contributed by atoms with Crippen LogP contribution in [0.25, 0.3) is 0 Å². The molecule has 0 radical (unpaired) electrons. The third kappa shape index (κ3) is 4.42. The molecule has 2 aliphatic heterocycles. The van der Waals surface area contributed by atoms with E-state index >= 15 is 0 Å². The molecule has 5 heteroatoms. The van der Waals surface area contributed by atoms with Gasteiger partial charge in [-0.2, -0.15) is 0 Å². The van der Waals surface area contributed by atoms with Crippen LogP contribution in [0.4, 0.5) is 4.79 Å². The zero-order valence-electron chi connectivity index (χ0n) is 14.7. The Labute approximate surface area is 149 Å². The van der Waals surface area contributed by atoms with Crippen molar-refractivity contribution in [3.8, 4) is 0 Å². The summed E-state index contributed by atoms with van der Waals surface area (Å²) in [5.74, 6) is 0. The number of carbonyl (C=O) groups excluding carboxylic acids is 1. The first-order valence-corrected chi connectivity index (χ1v) is 9.18. The van der Waals surface area contributed by atoms with Crippen molar-refractivity contribution < 1.29 is 9.53 Å². The van der Waals surface area contributed by atoms with Crippen LogP contribution >= 0.6 is 11.6 Å². The van der Waals surface area contributed by atoms with E-state index in [4.69, 9.17) is 16.3 Å². The van der Waals surface area contributed by atoms with Crippen LogP contribution in [0.1, 0.15) is 52.0 Å². The highest BCUT2D eigenvalue weighted by molar-refractivity contribution is 6.30. The number of carbonyl (C=O) groups is 1. The molecule has 3 rings (SSSR count). The molecule has 2 unspecified atom stereocenters. The summed E-state index contributed by atoms with van der Waals surface area (Å²) in [6.07, 6.45) is 4.11. The average Bonchev–Trinajstić information content (AvgIpc) is 2.68. The Morgan fingerprint density at radius 3 is 2.54 bits per heavy atom. The molecule has 0 spiro atoms. The Morgan fingerprint density at radius 1 is 1.29 bits per heavy atom. The summed E-state index contributed by atoms with van der Waals surface area (Å²) in [6, 6.07) is 9.38. The number of ether oxygens (including phenoxy) is 1. The van der Waals surface area contributed by atoms with Crippen LogP contribution in [0.2, 0.25) is 5.02 Å². The normalized spacial score (nSPS) is 27.1. The fourth-order valence-electron chi connectivity index (χ4n) is 3.97. The summed E-state index contributed by atoms with van der Waals surface area (Å²) < 4.78 is 5.39. The van der Waals surface area contributed by atoms with Crippen molar-refractivity contribution in [2.45, 2.75) is 76.7 Å². The van der Waals surface area contributed by atoms with E-state index in [2.05, 4.69) is 16.3 Å². The highest BCUT2D eigenvalue weighted by Gasteiger charge is 2.41. The summed E-state index contributed by atoms with van der Waals surface area (Å²) in [5.41, 5.74) is 0.814. The van der Waals surface area contributed by atoms with Crippen LogP contribution in [0.15, 0.2) is 24.3 Å². The lowest BCUT2D eigenvalue weighted by molar-refractivity contribution is 0.0436. The lowest BCUT2D eigenvalue weighted by atomic mass is 9.96. The number of nitrogens with one attached hydrogen (secondary N) is 1. The molecule has 4 nitrogen and oxygen atoms in total. The summed E-state index contributed by atoms with van der Waals surface area (Å²) >= 11 is 6.10. The number of halogens is 1. The maximum atomic E-state index is 12.0. The van der Waals surface area contributed by atoms with Gasteiger partial charge in [0.1, 0.15) is 5.60 Å². The molecule has 2 heterocycles. The van der Waals surface area contributed by atoms with E-state index in [0.29, 0.717) is 12.1 Å². The van der Waals surface area contributed by atoms with Gasteiger partial charge < -0.3 is 10.1 Å². The van der Waals surface area contributed by atoms with Crippen molar-refractivity contribution >= 4 is 17.7 Å². The van der Waals surface area contributed by atoms with E-state index in [0.717, 1.165) is 24.4 Å². The van der Waals surface area contributed by atoms with Crippen molar-refractivity contribution in [3.05, 3.63) is 34.9 Å². The minimum atomic E-state index is -0.448. The lowest BCUT2D eigenvalue weighted by Crippen LogP contribution is -2.50. The number of amides is 1. The molecule has 1 aromatic carbocycles. The zero-order chi connectivity index (χ0) is 17.3. The van der Waals surface area contributed by atoms with Gasteiger partial charge in [0.2, 0.25) is 0 Å². The Bertz CT molecular complexity index is 585. The maximum absolute atomic E-state index is 12.0. The summed E-state index contributed by atoms with van der Waals surface area (Å²) in [5, 5.41) is 3.85. The van der Waals surface area contributed by atoms with E-state index in [9.17, 15) is 4.79 Å². The van der Waals surface area contributed by atoms with E-state index in [1.165, 1.54) is 18.4 Å². The third-order valence-corrected chi connectivity index (χ3v) is 5.09. The largest absolute Gasteiger partial charge is 0.444 e. The number of benzene rings is 1. The van der Waals surface area contributed by atoms with Gasteiger partial charge in [0, 0.05) is 29.7 Å². The molecule has 1 N–H and O–H groups in total. The van der Waals surface area contributed by atoms with E-state index in [1.54, 1.807) is 0 Å². The fourth-order valence-corrected chi connectivity index (χ4v) is 4.18. The molecular formula is C19H27ClN2O2. The minimum Gasteiger partial charge on any atom is -0.444 e. The van der Waals surface area contributed by atoms with Gasteiger partial charge in [-0.05, 0) is 64.2 Å². The molecule has 0 aliphatic carbocycles. The predicted molar refractivity (Wildman–Crippen MR) is 96.2 cm³/mol. The zero-order valence-corrected chi connectivity index (χ0v) is 15.5. The molecule has 2 atom stereocenters. The van der Waals surface area contributed by atoms with Crippen molar-refractivity contribution in [1.29, 1.82) is 0 Å². The van der Waals surface area contributed by atoms with E-state index < -0.39 is 5.60 Å². The van der Waals surface area contributed by atoms with Crippen molar-refractivity contribution in [1.82, 2.24) is 10.2 Å². The second-order valence-corrected chi connectivity index (χ2v) is 8.44. The maximum Gasteiger partial charge on any atom is 0.407 e. The van der Waals surface area contributed by atoms with Gasteiger partial charge >= 0.3 is 6.09 Å². The predicted octanol–water partition coefficient (Wildman–Crippen LogP) is 4.36. The fraction of sp³-hybridized carbons (Fsp3) is 0.632. The summed E-state index contributed by atoms with van der Waals surface area (Å²) in [6.45, 7) is 6.62. The molecular weight excluding hydrogens is 324 g/mol. The van der Waals surface area contributed by atoms with Crippen molar-refractivity contribution in [3.63, 3.8) is 0 Å². The second-order valence-electron chi connectivity index (χ2n) is 8.00. The van der Waals surface area contributed by atoms with Gasteiger partial charge in [-0.15, -0.1) is 0 Å².